The summed E-state index contributed by atoms with van der Waals surface area (Å²) in [5.74, 6) is -1.13. The number of esters is 1. The zero-order valence-electron chi connectivity index (χ0n) is 25.7. The molecule has 1 aromatic rings. The maximum absolute atomic E-state index is 14.9. The Balaban J connectivity index is 1.58. The number of ether oxygens (including phenoxy) is 2. The van der Waals surface area contributed by atoms with Crippen LogP contribution in [-0.2, 0) is 9.53 Å². The van der Waals surface area contributed by atoms with Gasteiger partial charge in [-0.1, -0.05) is 51.5 Å². The van der Waals surface area contributed by atoms with E-state index in [2.05, 4.69) is 6.92 Å². The van der Waals surface area contributed by atoms with Gasteiger partial charge in [0.1, 0.15) is 5.60 Å². The summed E-state index contributed by atoms with van der Waals surface area (Å²) in [5.41, 5.74) is -0.182. The van der Waals surface area contributed by atoms with E-state index >= 15 is 0 Å². The van der Waals surface area contributed by atoms with Crippen molar-refractivity contribution < 1.29 is 28.2 Å². The minimum atomic E-state index is -0.919. The molecular weight excluding hydrogens is 510 g/mol. The molecular formula is C34H54F2O4. The van der Waals surface area contributed by atoms with Gasteiger partial charge in [0.2, 0.25) is 5.82 Å². The van der Waals surface area contributed by atoms with Crippen LogP contribution in [0.2, 0.25) is 0 Å². The Bertz CT molecular complexity index is 911. The number of benzene rings is 1. The molecule has 6 heteroatoms. The summed E-state index contributed by atoms with van der Waals surface area (Å²) in [6.07, 6.45) is 13.5. The van der Waals surface area contributed by atoms with Crippen LogP contribution in [0.15, 0.2) is 12.1 Å². The first kappa shape index (κ1) is 32.8. The highest BCUT2D eigenvalue weighted by molar-refractivity contribution is 5.73. The van der Waals surface area contributed by atoms with Gasteiger partial charge in [0.05, 0.1) is 18.6 Å². The van der Waals surface area contributed by atoms with Gasteiger partial charge in [-0.25, -0.2) is 4.39 Å². The molecule has 4 nitrogen and oxygen atoms in total. The van der Waals surface area contributed by atoms with Crippen molar-refractivity contribution in [3.8, 4) is 5.75 Å². The Kier molecular flexibility index (Phi) is 12.7. The second-order valence-electron chi connectivity index (χ2n) is 13.4. The zero-order chi connectivity index (χ0) is 29.3. The molecule has 0 saturated heterocycles. The van der Waals surface area contributed by atoms with Crippen LogP contribution in [0.25, 0.3) is 0 Å². The highest BCUT2D eigenvalue weighted by Gasteiger charge is 2.37. The summed E-state index contributed by atoms with van der Waals surface area (Å²) >= 11 is 0. The SMILES string of the molecule is CCCCCC1CCC(C(O)CCC(C(=O)OC(C)(C)C)C2CCC(c3ccc(OCC)c(F)c3F)CC2)CC1. The summed E-state index contributed by atoms with van der Waals surface area (Å²) < 4.78 is 40.4. The second kappa shape index (κ2) is 15.5. The molecule has 2 aliphatic rings. The Morgan fingerprint density at radius 2 is 1.57 bits per heavy atom. The third-order valence-corrected chi connectivity index (χ3v) is 9.29. The first-order chi connectivity index (χ1) is 19.0. The molecule has 0 amide bonds. The molecule has 0 bridgehead atoms. The van der Waals surface area contributed by atoms with Crippen LogP contribution < -0.4 is 4.74 Å². The first-order valence-corrected chi connectivity index (χ1v) is 16.1. The molecule has 2 unspecified atom stereocenters. The lowest BCUT2D eigenvalue weighted by atomic mass is 9.71. The number of aliphatic hydroxyl groups excluding tert-OH is 1. The molecule has 2 aliphatic carbocycles. The highest BCUT2D eigenvalue weighted by atomic mass is 19.2. The summed E-state index contributed by atoms with van der Waals surface area (Å²) in [4.78, 5) is 13.3. The Hall–Kier alpha value is -1.69. The van der Waals surface area contributed by atoms with E-state index in [1.54, 1.807) is 13.0 Å². The number of carbonyl (C=O) groups is 1. The fourth-order valence-electron chi connectivity index (χ4n) is 7.02. The van der Waals surface area contributed by atoms with Crippen LogP contribution in [0.3, 0.4) is 0 Å². The van der Waals surface area contributed by atoms with Crippen LogP contribution in [0.1, 0.15) is 136 Å². The van der Waals surface area contributed by atoms with E-state index in [0.717, 1.165) is 31.6 Å². The Labute approximate surface area is 241 Å². The molecule has 228 valence electrons. The molecule has 2 saturated carbocycles. The van der Waals surface area contributed by atoms with Crippen LogP contribution in [0.4, 0.5) is 8.78 Å². The van der Waals surface area contributed by atoms with Gasteiger partial charge < -0.3 is 14.6 Å². The van der Waals surface area contributed by atoms with Gasteiger partial charge in [0, 0.05) is 0 Å². The maximum Gasteiger partial charge on any atom is 0.309 e. The monoisotopic (exact) mass is 564 g/mol. The molecule has 1 aromatic carbocycles. The predicted molar refractivity (Wildman–Crippen MR) is 156 cm³/mol. The minimum absolute atomic E-state index is 0.0500. The van der Waals surface area contributed by atoms with Gasteiger partial charge in [0.25, 0.3) is 0 Å². The second-order valence-corrected chi connectivity index (χ2v) is 13.4. The van der Waals surface area contributed by atoms with Gasteiger partial charge in [-0.2, -0.15) is 4.39 Å². The third kappa shape index (κ3) is 9.42. The van der Waals surface area contributed by atoms with E-state index in [9.17, 15) is 18.7 Å². The van der Waals surface area contributed by atoms with Crippen LogP contribution in [-0.4, -0.2) is 29.4 Å². The number of hydrogen-bond donors (Lipinski definition) is 1. The highest BCUT2D eigenvalue weighted by Crippen LogP contribution is 2.43. The smallest absolute Gasteiger partial charge is 0.309 e. The lowest BCUT2D eigenvalue weighted by molar-refractivity contribution is -0.163. The van der Waals surface area contributed by atoms with Crippen molar-refractivity contribution in [3.63, 3.8) is 0 Å². The minimum Gasteiger partial charge on any atom is -0.491 e. The van der Waals surface area contributed by atoms with E-state index in [0.29, 0.717) is 37.2 Å². The summed E-state index contributed by atoms with van der Waals surface area (Å²) in [5, 5.41) is 11.1. The van der Waals surface area contributed by atoms with E-state index in [4.69, 9.17) is 9.47 Å². The Morgan fingerprint density at radius 1 is 0.925 bits per heavy atom. The fourth-order valence-corrected chi connectivity index (χ4v) is 7.02. The van der Waals surface area contributed by atoms with Gasteiger partial charge in [-0.05, 0) is 114 Å². The first-order valence-electron chi connectivity index (χ1n) is 16.1. The number of carbonyl (C=O) groups excluding carboxylic acids is 1. The lowest BCUT2D eigenvalue weighted by Gasteiger charge is -2.36. The predicted octanol–water partition coefficient (Wildman–Crippen LogP) is 9.12. The topological polar surface area (TPSA) is 55.8 Å². The number of aliphatic hydroxyl groups is 1. The molecule has 2 fully saturated rings. The van der Waals surface area contributed by atoms with Crippen molar-refractivity contribution in [2.24, 2.45) is 23.7 Å². The number of halogens is 2. The van der Waals surface area contributed by atoms with E-state index in [1.807, 2.05) is 20.8 Å². The van der Waals surface area contributed by atoms with Crippen LogP contribution >= 0.6 is 0 Å². The molecule has 40 heavy (non-hydrogen) atoms. The molecule has 2 atom stereocenters. The zero-order valence-corrected chi connectivity index (χ0v) is 25.7. The summed E-state index contributed by atoms with van der Waals surface area (Å²) in [7, 11) is 0. The van der Waals surface area contributed by atoms with Crippen LogP contribution in [0.5, 0.6) is 5.75 Å². The fraction of sp³-hybridized carbons (Fsp3) is 0.794. The van der Waals surface area contributed by atoms with Crippen molar-refractivity contribution in [1.29, 1.82) is 0 Å². The van der Waals surface area contributed by atoms with Crippen molar-refractivity contribution >= 4 is 5.97 Å². The van der Waals surface area contributed by atoms with Crippen molar-refractivity contribution in [1.82, 2.24) is 0 Å². The van der Waals surface area contributed by atoms with Crippen molar-refractivity contribution in [2.45, 2.75) is 142 Å². The standard InChI is InChI=1S/C34H54F2O4/c1-6-8-9-10-23-11-13-26(14-12-23)29(37)21-19-28(33(38)40-34(3,4)5)25-17-15-24(16-18-25)27-20-22-30(39-7-2)32(36)31(27)35/h20,22-26,28-29,37H,6-19,21H2,1-5H3. The van der Waals surface area contributed by atoms with E-state index < -0.39 is 23.3 Å². The normalized spacial score (nSPS) is 25.3. The van der Waals surface area contributed by atoms with Crippen molar-refractivity contribution in [3.05, 3.63) is 29.3 Å². The van der Waals surface area contributed by atoms with Gasteiger partial charge in [-0.3, -0.25) is 4.79 Å². The molecule has 0 radical (unpaired) electrons. The number of rotatable bonds is 13. The van der Waals surface area contributed by atoms with E-state index in [-0.39, 0.29) is 36.1 Å². The van der Waals surface area contributed by atoms with Gasteiger partial charge >= 0.3 is 5.97 Å². The number of hydrogen-bond acceptors (Lipinski definition) is 4. The third-order valence-electron chi connectivity index (χ3n) is 9.29. The van der Waals surface area contributed by atoms with Crippen LogP contribution in [0, 0.1) is 35.3 Å². The van der Waals surface area contributed by atoms with Gasteiger partial charge in [-0.15, -0.1) is 0 Å². The molecule has 0 aromatic heterocycles. The Morgan fingerprint density at radius 3 is 2.17 bits per heavy atom. The largest absolute Gasteiger partial charge is 0.491 e. The molecule has 3 rings (SSSR count). The molecule has 0 aliphatic heterocycles. The maximum atomic E-state index is 14.9. The molecule has 1 N–H and O–H groups in total. The lowest BCUT2D eigenvalue weighted by Crippen LogP contribution is -2.35. The molecule has 0 heterocycles. The summed E-state index contributed by atoms with van der Waals surface area (Å²) in [6, 6.07) is 3.17. The van der Waals surface area contributed by atoms with Crippen molar-refractivity contribution in [2.75, 3.05) is 6.61 Å². The van der Waals surface area contributed by atoms with E-state index in [1.165, 1.54) is 44.6 Å². The molecule has 0 spiro atoms. The van der Waals surface area contributed by atoms with Gasteiger partial charge in [0.15, 0.2) is 11.6 Å². The average Bonchev–Trinajstić information content (AvgIpc) is 2.91. The quantitative estimate of drug-likeness (QED) is 0.192. The number of unbranched alkanes of at least 4 members (excludes halogenated alkanes) is 2. The average molecular weight is 565 g/mol. The summed E-state index contributed by atoms with van der Waals surface area (Å²) in [6.45, 7) is 9.92.